The number of nitrogens with two attached hydrogens (primary N) is 1. The fourth-order valence-electron chi connectivity index (χ4n) is 3.79. The maximum Gasteiger partial charge on any atom is 0.325 e. The molecule has 1 aliphatic rings. The number of hydrogen-bond acceptors (Lipinski definition) is 8. The van der Waals surface area contributed by atoms with E-state index in [1.54, 1.807) is 26.0 Å². The van der Waals surface area contributed by atoms with Crippen LogP contribution in [0.4, 0.5) is 4.39 Å². The van der Waals surface area contributed by atoms with E-state index in [1.807, 2.05) is 0 Å². The van der Waals surface area contributed by atoms with E-state index in [1.165, 1.54) is 19.1 Å². The molecule has 38 heavy (non-hydrogen) atoms. The average Bonchev–Trinajstić information content (AvgIpc) is 2.84. The standard InChI is InChI=1S/C25H27ClFN3O7.ClH/c1-12(32)13-5-7-19-15(8-13)21(30-23(34)14-4-6-17(27)16(26)9-14)22(25(2,3)37-19)36-20(33)10-29-24(35)18(28)11-31;/h4-9,18,21-22,31H,10-11,28H2,1-3H3,(H,29,35)(H,30,34);1H/t18-,21-,22-;/m0./s1. The van der Waals surface area contributed by atoms with E-state index in [-0.39, 0.29) is 28.8 Å². The maximum atomic E-state index is 13.6. The van der Waals surface area contributed by atoms with Gasteiger partial charge in [0.2, 0.25) is 5.91 Å². The van der Waals surface area contributed by atoms with Crippen LogP contribution in [0.5, 0.6) is 5.75 Å². The first-order valence-corrected chi connectivity index (χ1v) is 11.6. The van der Waals surface area contributed by atoms with Crippen LogP contribution in [0.3, 0.4) is 0 Å². The Balaban J connectivity index is 0.00000507. The summed E-state index contributed by atoms with van der Waals surface area (Å²) in [4.78, 5) is 49.7. The fourth-order valence-corrected chi connectivity index (χ4v) is 3.97. The number of halogens is 3. The molecule has 2 amide bonds. The lowest BCUT2D eigenvalue weighted by Crippen LogP contribution is -2.56. The molecule has 3 rings (SSSR count). The van der Waals surface area contributed by atoms with Crippen molar-refractivity contribution in [3.05, 3.63) is 63.9 Å². The minimum atomic E-state index is -1.21. The molecule has 1 heterocycles. The smallest absolute Gasteiger partial charge is 0.325 e. The number of carbonyl (C=O) groups excluding carboxylic acids is 4. The van der Waals surface area contributed by atoms with Crippen molar-refractivity contribution in [1.82, 2.24) is 10.6 Å². The van der Waals surface area contributed by atoms with Gasteiger partial charge in [-0.1, -0.05) is 11.6 Å². The Morgan fingerprint density at radius 1 is 1.18 bits per heavy atom. The highest BCUT2D eigenvalue weighted by atomic mass is 35.5. The zero-order valence-corrected chi connectivity index (χ0v) is 22.3. The van der Waals surface area contributed by atoms with Crippen molar-refractivity contribution in [2.45, 2.75) is 44.6 Å². The van der Waals surface area contributed by atoms with Crippen molar-refractivity contribution in [3.63, 3.8) is 0 Å². The van der Waals surface area contributed by atoms with Gasteiger partial charge in [-0.05, 0) is 57.2 Å². The third-order valence-corrected chi connectivity index (χ3v) is 6.07. The second kappa shape index (κ2) is 12.5. The average molecular weight is 572 g/mol. The van der Waals surface area contributed by atoms with E-state index < -0.39 is 60.5 Å². The van der Waals surface area contributed by atoms with Crippen LogP contribution < -0.4 is 21.1 Å². The van der Waals surface area contributed by atoms with E-state index in [2.05, 4.69) is 10.6 Å². The molecule has 2 aromatic carbocycles. The van der Waals surface area contributed by atoms with Gasteiger partial charge < -0.3 is 30.9 Å². The van der Waals surface area contributed by atoms with Crippen molar-refractivity contribution in [2.24, 2.45) is 5.73 Å². The van der Waals surface area contributed by atoms with Gasteiger partial charge >= 0.3 is 5.97 Å². The molecule has 2 aromatic rings. The summed E-state index contributed by atoms with van der Waals surface area (Å²) in [6, 6.07) is 5.91. The number of aliphatic hydroxyl groups excluding tert-OH is 1. The molecule has 0 unspecified atom stereocenters. The SMILES string of the molecule is CC(=O)c1ccc2c(c1)[C@H](NC(=O)c1ccc(F)c(Cl)c1)[C@H](OC(=O)CNC(=O)[C@@H](N)CO)C(C)(C)O2.Cl. The fraction of sp³-hybridized carbons (Fsp3) is 0.360. The lowest BCUT2D eigenvalue weighted by atomic mass is 9.85. The zero-order chi connectivity index (χ0) is 27.5. The lowest BCUT2D eigenvalue weighted by molar-refractivity contribution is -0.164. The Morgan fingerprint density at radius 3 is 2.45 bits per heavy atom. The summed E-state index contributed by atoms with van der Waals surface area (Å²) < 4.78 is 25.3. The second-order valence-electron chi connectivity index (χ2n) is 9.01. The number of carbonyl (C=O) groups is 4. The van der Waals surface area contributed by atoms with Gasteiger partial charge in [0.25, 0.3) is 5.91 Å². The first-order valence-electron chi connectivity index (χ1n) is 11.3. The van der Waals surface area contributed by atoms with Crippen molar-refractivity contribution >= 4 is 47.6 Å². The number of rotatable bonds is 8. The number of ketones is 1. The topological polar surface area (TPSA) is 157 Å². The number of Topliss-reactive ketones (excluding diaryl/α,β-unsaturated/α-hetero) is 1. The normalized spacial score (nSPS) is 18.1. The number of aliphatic hydroxyl groups is 1. The molecule has 13 heteroatoms. The third kappa shape index (κ3) is 6.98. The predicted molar refractivity (Wildman–Crippen MR) is 138 cm³/mol. The summed E-state index contributed by atoms with van der Waals surface area (Å²) >= 11 is 5.83. The van der Waals surface area contributed by atoms with Crippen molar-refractivity contribution in [2.75, 3.05) is 13.2 Å². The molecule has 0 saturated heterocycles. The van der Waals surface area contributed by atoms with Gasteiger partial charge in [-0.2, -0.15) is 0 Å². The van der Waals surface area contributed by atoms with Gasteiger partial charge in [-0.15, -0.1) is 12.4 Å². The summed E-state index contributed by atoms with van der Waals surface area (Å²) in [6.45, 7) is 3.48. The van der Waals surface area contributed by atoms with Gasteiger partial charge in [0, 0.05) is 16.7 Å². The van der Waals surface area contributed by atoms with Crippen molar-refractivity contribution in [3.8, 4) is 5.75 Å². The molecule has 0 saturated carbocycles. The number of benzene rings is 2. The summed E-state index contributed by atoms with van der Waals surface area (Å²) in [7, 11) is 0. The van der Waals surface area contributed by atoms with Crippen LogP contribution in [0.2, 0.25) is 5.02 Å². The molecule has 0 spiro atoms. The number of esters is 1. The molecule has 206 valence electrons. The Kier molecular flexibility index (Phi) is 10.2. The number of hydrogen-bond donors (Lipinski definition) is 4. The van der Waals surface area contributed by atoms with E-state index >= 15 is 0 Å². The summed E-state index contributed by atoms with van der Waals surface area (Å²) in [6.07, 6.45) is -1.13. The molecule has 3 atom stereocenters. The monoisotopic (exact) mass is 571 g/mol. The largest absolute Gasteiger partial charge is 0.484 e. The van der Waals surface area contributed by atoms with Crippen LogP contribution in [-0.2, 0) is 14.3 Å². The molecule has 1 aliphatic heterocycles. The summed E-state index contributed by atoms with van der Waals surface area (Å²) in [5, 5.41) is 13.8. The number of ether oxygens (including phenoxy) is 2. The first-order chi connectivity index (χ1) is 17.3. The summed E-state index contributed by atoms with van der Waals surface area (Å²) in [5.74, 6) is -2.85. The van der Waals surface area contributed by atoms with Gasteiger partial charge in [0.1, 0.15) is 29.8 Å². The molecule has 0 aliphatic carbocycles. The van der Waals surface area contributed by atoms with Crippen LogP contribution in [-0.4, -0.2) is 59.6 Å². The lowest BCUT2D eigenvalue weighted by Gasteiger charge is -2.44. The van der Waals surface area contributed by atoms with Gasteiger partial charge in [0.05, 0.1) is 17.7 Å². The maximum absolute atomic E-state index is 13.6. The Hall–Kier alpha value is -3.25. The quantitative estimate of drug-likeness (QED) is 0.277. The molecule has 0 bridgehead atoms. The summed E-state index contributed by atoms with van der Waals surface area (Å²) in [5.41, 5.74) is 5.01. The Morgan fingerprint density at radius 2 is 1.84 bits per heavy atom. The van der Waals surface area contributed by atoms with Crippen molar-refractivity contribution < 1.29 is 38.1 Å². The Labute approximate surface area is 229 Å². The van der Waals surface area contributed by atoms with Crippen LogP contribution in [0.15, 0.2) is 36.4 Å². The third-order valence-electron chi connectivity index (χ3n) is 5.78. The minimum Gasteiger partial charge on any atom is -0.484 e. The van der Waals surface area contributed by atoms with E-state index in [0.29, 0.717) is 16.9 Å². The van der Waals surface area contributed by atoms with Gasteiger partial charge in [-0.3, -0.25) is 19.2 Å². The van der Waals surface area contributed by atoms with Gasteiger partial charge in [-0.25, -0.2) is 4.39 Å². The van der Waals surface area contributed by atoms with Crippen LogP contribution >= 0.6 is 24.0 Å². The molecule has 0 radical (unpaired) electrons. The molecule has 5 N–H and O–H groups in total. The molecular weight excluding hydrogens is 544 g/mol. The van der Waals surface area contributed by atoms with Crippen LogP contribution in [0.1, 0.15) is 53.1 Å². The number of nitrogens with one attached hydrogen (secondary N) is 2. The van der Waals surface area contributed by atoms with E-state index in [0.717, 1.165) is 12.1 Å². The Bertz CT molecular complexity index is 1240. The molecular formula is C25H28Cl2FN3O7. The molecule has 10 nitrogen and oxygen atoms in total. The first kappa shape index (κ1) is 31.0. The highest BCUT2D eigenvalue weighted by Crippen LogP contribution is 2.42. The molecule has 0 aromatic heterocycles. The van der Waals surface area contributed by atoms with Crippen LogP contribution in [0.25, 0.3) is 0 Å². The highest BCUT2D eigenvalue weighted by Gasteiger charge is 2.47. The molecule has 0 fully saturated rings. The number of amides is 2. The van der Waals surface area contributed by atoms with Gasteiger partial charge in [0.15, 0.2) is 11.9 Å². The van der Waals surface area contributed by atoms with Crippen LogP contribution in [0, 0.1) is 5.82 Å². The predicted octanol–water partition coefficient (Wildman–Crippen LogP) is 2.09. The van der Waals surface area contributed by atoms with E-state index in [4.69, 9.17) is 31.9 Å². The van der Waals surface area contributed by atoms with E-state index in [9.17, 15) is 23.6 Å². The number of fused-ring (bicyclic) bond motifs is 1. The highest BCUT2D eigenvalue weighted by molar-refractivity contribution is 6.31. The van der Waals surface area contributed by atoms with Crippen molar-refractivity contribution in [1.29, 1.82) is 0 Å². The second-order valence-corrected chi connectivity index (χ2v) is 9.42. The zero-order valence-electron chi connectivity index (χ0n) is 20.7. The minimum absolute atomic E-state index is 0.